The lowest BCUT2D eigenvalue weighted by molar-refractivity contribution is 0.340. The third-order valence-corrected chi connectivity index (χ3v) is 7.49. The predicted octanol–water partition coefficient (Wildman–Crippen LogP) is 5.07. The monoisotopic (exact) mass is 464 g/mol. The summed E-state index contributed by atoms with van der Waals surface area (Å²) in [4.78, 5) is 29.2. The normalized spacial score (nSPS) is 13.6. The van der Waals surface area contributed by atoms with E-state index >= 15 is 0 Å². The Morgan fingerprint density at radius 2 is 1.76 bits per heavy atom. The van der Waals surface area contributed by atoms with Gasteiger partial charge in [-0.3, -0.25) is 9.36 Å². The van der Waals surface area contributed by atoms with Crippen LogP contribution in [0.15, 0.2) is 58.1 Å². The summed E-state index contributed by atoms with van der Waals surface area (Å²) in [5.74, 6) is 0.306. The van der Waals surface area contributed by atoms with Gasteiger partial charge in [0, 0.05) is 10.4 Å². The summed E-state index contributed by atoms with van der Waals surface area (Å²) in [6, 6.07) is 13.4. The second kappa shape index (κ2) is 8.98. The van der Waals surface area contributed by atoms with Crippen LogP contribution in [0.2, 0.25) is 0 Å². The van der Waals surface area contributed by atoms with Crippen molar-refractivity contribution in [3.63, 3.8) is 0 Å². The molecule has 2 aromatic heterocycles. The number of thiophene rings is 1. The predicted molar refractivity (Wildman–Crippen MR) is 130 cm³/mol. The Morgan fingerprint density at radius 3 is 2.52 bits per heavy atom. The first kappa shape index (κ1) is 21.6. The minimum absolute atomic E-state index is 0.0682. The van der Waals surface area contributed by atoms with E-state index in [1.807, 2.05) is 6.92 Å². The largest absolute Gasteiger partial charge is 0.494 e. The van der Waals surface area contributed by atoms with Gasteiger partial charge in [-0.15, -0.1) is 11.3 Å². The molecule has 0 saturated carbocycles. The summed E-state index contributed by atoms with van der Waals surface area (Å²) in [6.07, 6.45) is 4.96. The average molecular weight is 465 g/mol. The van der Waals surface area contributed by atoms with Crippen LogP contribution in [-0.2, 0) is 19.4 Å². The first-order valence-electron chi connectivity index (χ1n) is 11.3. The van der Waals surface area contributed by atoms with E-state index < -0.39 is 5.69 Å². The van der Waals surface area contributed by atoms with Crippen molar-refractivity contribution in [2.75, 3.05) is 6.61 Å². The van der Waals surface area contributed by atoms with Crippen LogP contribution >= 0.6 is 11.3 Å². The van der Waals surface area contributed by atoms with Gasteiger partial charge in [-0.2, -0.15) is 0 Å². The van der Waals surface area contributed by atoms with Gasteiger partial charge in [-0.1, -0.05) is 24.6 Å². The van der Waals surface area contributed by atoms with Crippen molar-refractivity contribution in [2.45, 2.75) is 45.6 Å². The lowest BCUT2D eigenvalue weighted by Crippen LogP contribution is -2.39. The van der Waals surface area contributed by atoms with Crippen molar-refractivity contribution in [3.8, 4) is 11.4 Å². The Bertz CT molecular complexity index is 1430. The molecule has 0 radical (unpaired) electrons. The highest BCUT2D eigenvalue weighted by Crippen LogP contribution is 2.34. The van der Waals surface area contributed by atoms with Crippen LogP contribution in [0, 0.1) is 5.82 Å². The molecule has 1 aliphatic carbocycles. The number of aryl methyl sites for hydroxylation is 2. The second-order valence-electron chi connectivity index (χ2n) is 8.27. The molecule has 0 aliphatic heterocycles. The average Bonchev–Trinajstić information content (AvgIpc) is 3.02. The number of fused-ring (bicyclic) bond motifs is 3. The zero-order valence-corrected chi connectivity index (χ0v) is 19.3. The molecule has 5 nitrogen and oxygen atoms in total. The van der Waals surface area contributed by atoms with Crippen molar-refractivity contribution < 1.29 is 9.13 Å². The Balaban J connectivity index is 1.78. The smallest absolute Gasteiger partial charge is 0.337 e. The molecule has 33 heavy (non-hydrogen) atoms. The number of halogens is 1. The van der Waals surface area contributed by atoms with E-state index in [2.05, 4.69) is 0 Å². The Labute approximate surface area is 194 Å². The lowest BCUT2D eigenvalue weighted by atomic mass is 10.1. The molecule has 4 aromatic rings. The fourth-order valence-electron chi connectivity index (χ4n) is 4.57. The third kappa shape index (κ3) is 3.91. The number of hydrogen-bond acceptors (Lipinski definition) is 4. The highest BCUT2D eigenvalue weighted by Gasteiger charge is 2.24. The van der Waals surface area contributed by atoms with Crippen LogP contribution in [0.1, 0.15) is 42.2 Å². The molecule has 5 rings (SSSR count). The van der Waals surface area contributed by atoms with Gasteiger partial charge >= 0.3 is 5.69 Å². The number of nitrogens with zero attached hydrogens (tertiary/aromatic N) is 2. The number of ether oxygens (including phenoxy) is 1. The molecule has 0 saturated heterocycles. The van der Waals surface area contributed by atoms with Crippen LogP contribution in [0.4, 0.5) is 4.39 Å². The molecule has 0 N–H and O–H groups in total. The first-order valence-corrected chi connectivity index (χ1v) is 12.2. The summed E-state index contributed by atoms with van der Waals surface area (Å²) in [6.45, 7) is 2.50. The zero-order chi connectivity index (χ0) is 22.9. The Kier molecular flexibility index (Phi) is 5.89. The van der Waals surface area contributed by atoms with Crippen LogP contribution in [-0.4, -0.2) is 15.7 Å². The molecule has 2 heterocycles. The highest BCUT2D eigenvalue weighted by molar-refractivity contribution is 7.18. The quantitative estimate of drug-likeness (QED) is 0.388. The van der Waals surface area contributed by atoms with E-state index in [1.165, 1.54) is 26.8 Å². The van der Waals surface area contributed by atoms with Crippen LogP contribution in [0.3, 0.4) is 0 Å². The Hall–Kier alpha value is -3.19. The van der Waals surface area contributed by atoms with E-state index in [4.69, 9.17) is 4.74 Å². The summed E-state index contributed by atoms with van der Waals surface area (Å²) >= 11 is 1.51. The van der Waals surface area contributed by atoms with Gasteiger partial charge in [0.25, 0.3) is 5.56 Å². The lowest BCUT2D eigenvalue weighted by Gasteiger charge is -2.14. The second-order valence-corrected chi connectivity index (χ2v) is 9.36. The van der Waals surface area contributed by atoms with Crippen LogP contribution in [0.25, 0.3) is 15.9 Å². The standard InChI is InChI=1S/C26H25FN2O3S/c1-2-32-19-14-12-18(13-15-19)29-24(30)23-20-9-4-3-5-11-22(20)33-25(23)28(26(29)31)16-17-8-6-7-10-21(17)27/h6-8,10,12-15H,2-5,9,11,16H2,1H3. The Morgan fingerprint density at radius 1 is 1.00 bits per heavy atom. The maximum absolute atomic E-state index is 14.5. The van der Waals surface area contributed by atoms with E-state index in [0.29, 0.717) is 33.8 Å². The maximum atomic E-state index is 14.5. The van der Waals surface area contributed by atoms with E-state index in [0.717, 1.165) is 37.7 Å². The number of hydrogen-bond donors (Lipinski definition) is 0. The van der Waals surface area contributed by atoms with Gasteiger partial charge in [0.2, 0.25) is 0 Å². The minimum Gasteiger partial charge on any atom is -0.494 e. The van der Waals surface area contributed by atoms with E-state index in [9.17, 15) is 14.0 Å². The van der Waals surface area contributed by atoms with Crippen molar-refractivity contribution >= 4 is 21.6 Å². The number of benzene rings is 2. The van der Waals surface area contributed by atoms with Gasteiger partial charge in [0.05, 0.1) is 24.2 Å². The third-order valence-electron chi connectivity index (χ3n) is 6.18. The zero-order valence-electron chi connectivity index (χ0n) is 18.5. The van der Waals surface area contributed by atoms with Crippen molar-refractivity contribution in [3.05, 3.63) is 91.2 Å². The van der Waals surface area contributed by atoms with E-state index in [-0.39, 0.29) is 17.9 Å². The molecule has 2 aromatic carbocycles. The fraction of sp³-hybridized carbons (Fsp3) is 0.308. The minimum atomic E-state index is -0.462. The van der Waals surface area contributed by atoms with E-state index in [1.54, 1.807) is 47.0 Å². The molecule has 0 unspecified atom stereocenters. The summed E-state index contributed by atoms with van der Waals surface area (Å²) < 4.78 is 22.8. The fourth-order valence-corrected chi connectivity index (χ4v) is 5.94. The molecule has 7 heteroatoms. The molecule has 0 bridgehead atoms. The number of aromatic nitrogens is 2. The molecular formula is C26H25FN2O3S. The molecular weight excluding hydrogens is 439 g/mol. The molecule has 0 spiro atoms. The topological polar surface area (TPSA) is 53.2 Å². The molecule has 0 amide bonds. The van der Waals surface area contributed by atoms with Gasteiger partial charge in [-0.25, -0.2) is 13.8 Å². The van der Waals surface area contributed by atoms with Crippen molar-refractivity contribution in [2.24, 2.45) is 0 Å². The summed E-state index contributed by atoms with van der Waals surface area (Å²) in [5, 5.41) is 0.599. The number of rotatable bonds is 5. The van der Waals surface area contributed by atoms with Gasteiger partial charge in [-0.05, 0) is 68.5 Å². The van der Waals surface area contributed by atoms with Crippen molar-refractivity contribution in [1.29, 1.82) is 0 Å². The summed E-state index contributed by atoms with van der Waals surface area (Å²) in [5.41, 5.74) is 1.19. The van der Waals surface area contributed by atoms with Gasteiger partial charge in [0.15, 0.2) is 0 Å². The van der Waals surface area contributed by atoms with Crippen LogP contribution < -0.4 is 16.0 Å². The molecule has 170 valence electrons. The molecule has 0 atom stereocenters. The maximum Gasteiger partial charge on any atom is 0.337 e. The molecule has 1 aliphatic rings. The summed E-state index contributed by atoms with van der Waals surface area (Å²) in [7, 11) is 0. The van der Waals surface area contributed by atoms with Gasteiger partial charge in [0.1, 0.15) is 16.4 Å². The SMILES string of the molecule is CCOc1ccc(-n2c(=O)c3c4c(sc3n(Cc3ccccc3F)c2=O)CCCCC4)cc1. The molecule has 0 fully saturated rings. The first-order chi connectivity index (χ1) is 16.1. The van der Waals surface area contributed by atoms with Crippen LogP contribution in [0.5, 0.6) is 5.75 Å². The van der Waals surface area contributed by atoms with Crippen molar-refractivity contribution in [1.82, 2.24) is 9.13 Å². The van der Waals surface area contributed by atoms with Gasteiger partial charge < -0.3 is 4.74 Å². The highest BCUT2D eigenvalue weighted by atomic mass is 32.1.